The zero-order valence-electron chi connectivity index (χ0n) is 14.0. The van der Waals surface area contributed by atoms with Crippen LogP contribution in [0.3, 0.4) is 0 Å². The van der Waals surface area contributed by atoms with Crippen LogP contribution in [0, 0.1) is 29.1 Å². The van der Waals surface area contributed by atoms with Crippen LogP contribution in [0.1, 0.15) is 0 Å². The van der Waals surface area contributed by atoms with Gasteiger partial charge in [0.2, 0.25) is 5.82 Å². The van der Waals surface area contributed by atoms with Gasteiger partial charge in [0.1, 0.15) is 0 Å². The van der Waals surface area contributed by atoms with Gasteiger partial charge < -0.3 is 0 Å². The van der Waals surface area contributed by atoms with Crippen molar-refractivity contribution in [2.75, 3.05) is 0 Å². The molecule has 0 N–H and O–H groups in total. The summed E-state index contributed by atoms with van der Waals surface area (Å²) in [5.74, 6) is -9.81. The third kappa shape index (κ3) is 2.79. The Bertz CT molecular complexity index is 1070. The van der Waals surface area contributed by atoms with Crippen molar-refractivity contribution in [3.05, 3.63) is 94.2 Å². The summed E-state index contributed by atoms with van der Waals surface area (Å²) in [6.45, 7) is 0. The molecule has 1 aliphatic carbocycles. The largest absolute Gasteiger partial charge is 0.202 e. The van der Waals surface area contributed by atoms with Crippen LogP contribution in [0.4, 0.5) is 22.0 Å². The molecule has 5 rings (SSSR count). The van der Waals surface area contributed by atoms with E-state index >= 15 is 0 Å². The highest BCUT2D eigenvalue weighted by molar-refractivity contribution is 9.10. The molecule has 140 valence electrons. The van der Waals surface area contributed by atoms with Crippen LogP contribution in [0.15, 0.2) is 65.1 Å². The average Bonchev–Trinajstić information content (AvgIpc) is 3.06. The Kier molecular flexibility index (Phi) is 4.67. The van der Waals surface area contributed by atoms with Crippen LogP contribution in [0.5, 0.6) is 0 Å². The monoisotopic (exact) mass is 448 g/mol. The van der Waals surface area contributed by atoms with Crippen LogP contribution in [-0.4, -0.2) is 0 Å². The lowest BCUT2D eigenvalue weighted by molar-refractivity contribution is 0.374. The van der Waals surface area contributed by atoms with Crippen LogP contribution < -0.4 is 0 Å². The zero-order chi connectivity index (χ0) is 20.0. The molecule has 0 atom stereocenters. The second-order valence-electron chi connectivity index (χ2n) is 6.14. The van der Waals surface area contributed by atoms with E-state index in [1.807, 2.05) is 0 Å². The Balaban J connectivity index is 0.000000145. The molecule has 0 aromatic heterocycles. The molecule has 0 radical (unpaired) electrons. The number of hydrogen-bond donors (Lipinski definition) is 0. The molecular weight excluding hydrogens is 439 g/mol. The van der Waals surface area contributed by atoms with Gasteiger partial charge in [-0.25, -0.2) is 22.0 Å². The molecule has 0 fully saturated rings. The van der Waals surface area contributed by atoms with Gasteiger partial charge in [0.15, 0.2) is 23.3 Å². The number of halogens is 6. The van der Waals surface area contributed by atoms with Crippen molar-refractivity contribution in [1.29, 1.82) is 0 Å². The lowest BCUT2D eigenvalue weighted by Gasteiger charge is -2.00. The number of fused-ring (bicyclic) bond motifs is 3. The van der Waals surface area contributed by atoms with Crippen molar-refractivity contribution < 1.29 is 22.0 Å². The summed E-state index contributed by atoms with van der Waals surface area (Å²) in [5, 5.41) is 2.75. The maximum Gasteiger partial charge on any atom is 0.200 e. The standard InChI is InChI=1S/C16H10.C6BrF5/c1-2-8-13-12(7-1)14-9-3-5-11-6-4-10-15(13)16(11)14;7-1-2(8)4(10)6(12)5(11)3(1)9/h1-10H;. The highest BCUT2D eigenvalue weighted by Crippen LogP contribution is 2.46. The molecule has 6 heteroatoms. The first-order valence-corrected chi connectivity index (χ1v) is 8.99. The Morgan fingerprint density at radius 2 is 0.857 bits per heavy atom. The molecule has 0 saturated heterocycles. The molecule has 0 bridgehead atoms. The van der Waals surface area contributed by atoms with Crippen molar-refractivity contribution in [3.8, 4) is 22.3 Å². The van der Waals surface area contributed by atoms with Crippen LogP contribution in [-0.2, 0) is 0 Å². The van der Waals surface area contributed by atoms with Crippen molar-refractivity contribution in [2.24, 2.45) is 0 Å². The summed E-state index contributed by atoms with van der Waals surface area (Å²) in [6.07, 6.45) is 0. The predicted octanol–water partition coefficient (Wildman–Crippen LogP) is 7.63. The minimum Gasteiger partial charge on any atom is -0.202 e. The fraction of sp³-hybridized carbons (Fsp3) is 0. The summed E-state index contributed by atoms with van der Waals surface area (Å²) in [4.78, 5) is 0. The van der Waals surface area contributed by atoms with Gasteiger partial charge in [-0.2, -0.15) is 0 Å². The second-order valence-corrected chi connectivity index (χ2v) is 6.93. The lowest BCUT2D eigenvalue weighted by Crippen LogP contribution is -2.01. The molecule has 4 aromatic rings. The Morgan fingerprint density at radius 3 is 1.32 bits per heavy atom. The minimum absolute atomic E-state index is 1.06. The molecule has 1 aliphatic rings. The Morgan fingerprint density at radius 1 is 0.464 bits per heavy atom. The molecule has 0 unspecified atom stereocenters. The van der Waals surface area contributed by atoms with E-state index in [-0.39, 0.29) is 0 Å². The summed E-state index contributed by atoms with van der Waals surface area (Å²) in [6, 6.07) is 21.8. The van der Waals surface area contributed by atoms with Crippen LogP contribution >= 0.6 is 15.9 Å². The van der Waals surface area contributed by atoms with Gasteiger partial charge in [-0.05, 0) is 49.0 Å². The Labute approximate surface area is 165 Å². The van der Waals surface area contributed by atoms with Gasteiger partial charge in [-0.15, -0.1) is 0 Å². The van der Waals surface area contributed by atoms with E-state index in [4.69, 9.17) is 0 Å². The van der Waals surface area contributed by atoms with E-state index < -0.39 is 33.6 Å². The number of benzene rings is 4. The second kappa shape index (κ2) is 7.02. The van der Waals surface area contributed by atoms with E-state index in [1.54, 1.807) is 0 Å². The van der Waals surface area contributed by atoms with Crippen LogP contribution in [0.25, 0.3) is 33.0 Å². The smallest absolute Gasteiger partial charge is 0.200 e. The van der Waals surface area contributed by atoms with Crippen molar-refractivity contribution >= 4 is 26.7 Å². The topological polar surface area (TPSA) is 0 Å². The highest BCUT2D eigenvalue weighted by atomic mass is 79.9. The first-order chi connectivity index (χ1) is 13.4. The maximum absolute atomic E-state index is 12.4. The van der Waals surface area contributed by atoms with Crippen molar-refractivity contribution in [3.63, 3.8) is 0 Å². The summed E-state index contributed by atoms with van der Waals surface area (Å²) in [5.41, 5.74) is 5.50. The van der Waals surface area contributed by atoms with E-state index in [0.29, 0.717) is 0 Å². The van der Waals surface area contributed by atoms with E-state index in [2.05, 4.69) is 76.6 Å². The highest BCUT2D eigenvalue weighted by Gasteiger charge is 2.24. The van der Waals surface area contributed by atoms with Crippen molar-refractivity contribution in [2.45, 2.75) is 0 Å². The number of hydrogen-bond acceptors (Lipinski definition) is 0. The van der Waals surface area contributed by atoms with Gasteiger partial charge in [-0.3, -0.25) is 0 Å². The molecule has 4 aromatic carbocycles. The Hall–Kier alpha value is -2.73. The maximum atomic E-state index is 12.4. The number of rotatable bonds is 0. The van der Waals surface area contributed by atoms with Crippen LogP contribution in [0.2, 0.25) is 0 Å². The fourth-order valence-corrected chi connectivity index (χ4v) is 3.67. The average molecular weight is 449 g/mol. The normalized spacial score (nSPS) is 11.2. The van der Waals surface area contributed by atoms with E-state index in [1.165, 1.54) is 33.0 Å². The molecule has 0 nitrogen and oxygen atoms in total. The molecule has 0 heterocycles. The third-order valence-corrected chi connectivity index (χ3v) is 5.26. The quantitative estimate of drug-likeness (QED) is 0.130. The molecule has 28 heavy (non-hydrogen) atoms. The van der Waals surface area contributed by atoms with E-state index in [0.717, 1.165) is 0 Å². The molecule has 0 aliphatic heterocycles. The minimum atomic E-state index is -2.16. The summed E-state index contributed by atoms with van der Waals surface area (Å²) >= 11 is 2.22. The molecule has 0 spiro atoms. The molecule has 0 amide bonds. The lowest BCUT2D eigenvalue weighted by atomic mass is 10.0. The van der Waals surface area contributed by atoms with Gasteiger partial charge in [-0.1, -0.05) is 60.7 Å². The predicted molar refractivity (Wildman–Crippen MR) is 102 cm³/mol. The SMILES string of the molecule is Fc1c(F)c(F)c(Br)c(F)c1F.c1ccc2c(c1)-c1cccc3cccc-2c13. The first kappa shape index (κ1) is 18.6. The summed E-state index contributed by atoms with van der Waals surface area (Å²) < 4.78 is 60.3. The van der Waals surface area contributed by atoms with Gasteiger partial charge in [0, 0.05) is 0 Å². The van der Waals surface area contributed by atoms with Crippen molar-refractivity contribution in [1.82, 2.24) is 0 Å². The summed E-state index contributed by atoms with van der Waals surface area (Å²) in [7, 11) is 0. The van der Waals surface area contributed by atoms with Gasteiger partial charge >= 0.3 is 0 Å². The van der Waals surface area contributed by atoms with E-state index in [9.17, 15) is 22.0 Å². The zero-order valence-corrected chi connectivity index (χ0v) is 15.6. The third-order valence-electron chi connectivity index (χ3n) is 4.57. The van der Waals surface area contributed by atoms with Gasteiger partial charge in [0.25, 0.3) is 0 Å². The molecular formula is C22H10BrF5. The first-order valence-electron chi connectivity index (χ1n) is 8.20. The molecule has 0 saturated carbocycles. The fourth-order valence-electron chi connectivity index (χ4n) is 3.32. The van der Waals surface area contributed by atoms with Gasteiger partial charge in [0.05, 0.1) is 4.47 Å².